The lowest BCUT2D eigenvalue weighted by Crippen LogP contribution is -2.51. The van der Waals surface area contributed by atoms with Gasteiger partial charge in [-0.25, -0.2) is 0 Å². The van der Waals surface area contributed by atoms with E-state index < -0.39 is 11.6 Å². The topological polar surface area (TPSA) is 60.4 Å². The average molecular weight is 356 g/mol. The Kier molecular flexibility index (Phi) is 12.9. The molecule has 0 amide bonds. The van der Waals surface area contributed by atoms with Gasteiger partial charge in [-0.05, 0) is 25.7 Å². The number of carboxylic acids is 1. The van der Waals surface area contributed by atoms with Crippen LogP contribution in [0, 0.1) is 0 Å². The van der Waals surface area contributed by atoms with Crippen LogP contribution in [0.3, 0.4) is 0 Å². The van der Waals surface area contributed by atoms with Crippen molar-refractivity contribution in [1.82, 2.24) is 0 Å². The monoisotopic (exact) mass is 355 g/mol. The number of rotatable bonds is 16. The van der Waals surface area contributed by atoms with E-state index in [0.29, 0.717) is 17.4 Å². The molecule has 1 N–H and O–H groups in total. The zero-order valence-corrected chi connectivity index (χ0v) is 17.1. The third kappa shape index (κ3) is 16.4. The summed E-state index contributed by atoms with van der Waals surface area (Å²) in [4.78, 5) is 10.9. The first-order valence-electron chi connectivity index (χ1n) is 10.1. The Hall–Kier alpha value is -0.870. The smallest absolute Gasteiger partial charge is 0.119 e. The van der Waals surface area contributed by atoms with Crippen molar-refractivity contribution in [3.05, 3.63) is 12.2 Å². The van der Waals surface area contributed by atoms with E-state index in [1.807, 2.05) is 21.1 Å². The molecule has 1 unspecified atom stereocenters. The largest absolute Gasteiger partial charge is 0.550 e. The molecule has 0 aliphatic carbocycles. The van der Waals surface area contributed by atoms with Crippen LogP contribution in [-0.4, -0.2) is 48.8 Å². The molecule has 0 rings (SSSR count). The van der Waals surface area contributed by atoms with E-state index in [1.165, 1.54) is 44.9 Å². The van der Waals surface area contributed by atoms with Gasteiger partial charge in [0.25, 0.3) is 0 Å². The van der Waals surface area contributed by atoms with Crippen LogP contribution in [0.2, 0.25) is 0 Å². The van der Waals surface area contributed by atoms with Crippen molar-refractivity contribution in [3.63, 3.8) is 0 Å². The van der Waals surface area contributed by atoms with Crippen LogP contribution < -0.4 is 5.11 Å². The summed E-state index contributed by atoms with van der Waals surface area (Å²) in [5.74, 6) is -1.16. The van der Waals surface area contributed by atoms with Crippen LogP contribution in [0.25, 0.3) is 0 Å². The molecule has 0 saturated carbocycles. The number of carbonyl (C=O) groups excluding carboxylic acids is 1. The molecule has 0 aromatic carbocycles. The number of likely N-dealkylation sites (N-methyl/N-ethyl adjacent to an activating group) is 1. The van der Waals surface area contributed by atoms with Gasteiger partial charge in [-0.15, -0.1) is 0 Å². The van der Waals surface area contributed by atoms with E-state index in [-0.39, 0.29) is 6.42 Å². The van der Waals surface area contributed by atoms with Crippen LogP contribution in [0.5, 0.6) is 0 Å². The van der Waals surface area contributed by atoms with Crippen LogP contribution >= 0.6 is 0 Å². The maximum atomic E-state index is 10.9. The Labute approximate surface area is 155 Å². The number of allylic oxidation sites excluding steroid dienone is 2. The summed E-state index contributed by atoms with van der Waals surface area (Å²) in [6.07, 6.45) is 16.6. The zero-order valence-electron chi connectivity index (χ0n) is 17.1. The second kappa shape index (κ2) is 13.3. The maximum absolute atomic E-state index is 10.9. The minimum atomic E-state index is -1.16. The van der Waals surface area contributed by atoms with Gasteiger partial charge in [0, 0.05) is 12.4 Å². The number of carbonyl (C=O) groups is 1. The third-order valence-electron chi connectivity index (χ3n) is 4.40. The van der Waals surface area contributed by atoms with Gasteiger partial charge < -0.3 is 19.5 Å². The average Bonchev–Trinajstić information content (AvgIpc) is 2.45. The van der Waals surface area contributed by atoms with Crippen molar-refractivity contribution in [2.45, 2.75) is 89.6 Å². The number of quaternary nitrogens is 1. The van der Waals surface area contributed by atoms with Crippen molar-refractivity contribution in [1.29, 1.82) is 0 Å². The molecule has 148 valence electrons. The first kappa shape index (κ1) is 24.1. The predicted octanol–water partition coefficient (Wildman–Crippen LogP) is 3.43. The predicted molar refractivity (Wildman–Crippen MR) is 103 cm³/mol. The molecule has 0 aromatic heterocycles. The van der Waals surface area contributed by atoms with E-state index in [9.17, 15) is 15.0 Å². The standard InChI is InChI=1S/C21H41NO3/c1-5-6-7-8-9-10-11-12-13-14-15-16-17-21(25,18-20(23)24)19-22(2,3)4/h8-9,25H,5-7,10-19H2,1-4H3/b9-8-. The summed E-state index contributed by atoms with van der Waals surface area (Å²) < 4.78 is 0.551. The van der Waals surface area contributed by atoms with Gasteiger partial charge in [-0.2, -0.15) is 0 Å². The molecule has 4 nitrogen and oxygen atoms in total. The summed E-state index contributed by atoms with van der Waals surface area (Å²) in [7, 11) is 5.91. The summed E-state index contributed by atoms with van der Waals surface area (Å²) in [6.45, 7) is 2.65. The van der Waals surface area contributed by atoms with Crippen LogP contribution in [0.1, 0.15) is 84.0 Å². The fourth-order valence-electron chi connectivity index (χ4n) is 3.36. The van der Waals surface area contributed by atoms with Gasteiger partial charge in [0.05, 0.1) is 21.1 Å². The van der Waals surface area contributed by atoms with Gasteiger partial charge in [-0.3, -0.25) is 0 Å². The highest BCUT2D eigenvalue weighted by Crippen LogP contribution is 2.22. The van der Waals surface area contributed by atoms with Crippen LogP contribution in [0.15, 0.2) is 12.2 Å². The zero-order chi connectivity index (χ0) is 19.2. The Morgan fingerprint density at radius 3 is 2.00 bits per heavy atom. The first-order chi connectivity index (χ1) is 11.7. The second-order valence-electron chi connectivity index (χ2n) is 8.50. The van der Waals surface area contributed by atoms with Gasteiger partial charge in [0.15, 0.2) is 0 Å². The minimum Gasteiger partial charge on any atom is -0.550 e. The summed E-state index contributed by atoms with van der Waals surface area (Å²) in [5.41, 5.74) is -1.15. The molecule has 0 heterocycles. The quantitative estimate of drug-likeness (QED) is 0.262. The second-order valence-corrected chi connectivity index (χ2v) is 8.50. The molecule has 0 radical (unpaired) electrons. The van der Waals surface area contributed by atoms with E-state index in [1.54, 1.807) is 0 Å². The van der Waals surface area contributed by atoms with Gasteiger partial charge in [0.2, 0.25) is 0 Å². The van der Waals surface area contributed by atoms with Crippen molar-refractivity contribution in [3.8, 4) is 0 Å². The van der Waals surface area contributed by atoms with Crippen LogP contribution in [-0.2, 0) is 4.79 Å². The fraction of sp³-hybridized carbons (Fsp3) is 0.857. The normalized spacial score (nSPS) is 14.8. The lowest BCUT2D eigenvalue weighted by Gasteiger charge is -2.36. The Morgan fingerprint density at radius 2 is 1.48 bits per heavy atom. The number of hydrogen-bond acceptors (Lipinski definition) is 3. The molecule has 0 aliphatic heterocycles. The number of aliphatic hydroxyl groups is 1. The number of nitrogens with zero attached hydrogens (tertiary/aromatic N) is 1. The summed E-state index contributed by atoms with van der Waals surface area (Å²) in [5, 5.41) is 21.6. The fourth-order valence-corrected chi connectivity index (χ4v) is 3.36. The lowest BCUT2D eigenvalue weighted by atomic mass is 9.91. The molecule has 4 heteroatoms. The molecular weight excluding hydrogens is 314 g/mol. The molecule has 0 aliphatic rings. The lowest BCUT2D eigenvalue weighted by molar-refractivity contribution is -0.877. The number of aliphatic carboxylic acids is 1. The third-order valence-corrected chi connectivity index (χ3v) is 4.40. The maximum Gasteiger partial charge on any atom is 0.119 e. The van der Waals surface area contributed by atoms with Gasteiger partial charge in [0.1, 0.15) is 12.1 Å². The number of carboxylic acid groups (broad SMARTS) is 1. The van der Waals surface area contributed by atoms with E-state index in [0.717, 1.165) is 19.3 Å². The molecular formula is C21H41NO3. The Bertz CT molecular complexity index is 374. The Morgan fingerprint density at radius 1 is 0.960 bits per heavy atom. The molecule has 0 saturated heterocycles. The van der Waals surface area contributed by atoms with Crippen molar-refractivity contribution < 1.29 is 19.5 Å². The number of hydrogen-bond donors (Lipinski definition) is 1. The molecule has 1 atom stereocenters. The van der Waals surface area contributed by atoms with E-state index in [2.05, 4.69) is 19.1 Å². The molecule has 0 bridgehead atoms. The number of unbranched alkanes of at least 4 members (excludes halogenated alkanes) is 8. The SMILES string of the molecule is CCCC/C=C\CCCCCCCCC(O)(CC(=O)[O-])C[N+](C)(C)C. The molecule has 25 heavy (non-hydrogen) atoms. The van der Waals surface area contributed by atoms with Gasteiger partial charge in [-0.1, -0.05) is 64.0 Å². The molecule has 0 spiro atoms. The van der Waals surface area contributed by atoms with Crippen molar-refractivity contribution in [2.24, 2.45) is 0 Å². The van der Waals surface area contributed by atoms with Crippen molar-refractivity contribution >= 4 is 5.97 Å². The highest BCUT2D eigenvalue weighted by molar-refractivity contribution is 5.65. The first-order valence-corrected chi connectivity index (χ1v) is 10.1. The highest BCUT2D eigenvalue weighted by Gasteiger charge is 2.33. The summed E-state index contributed by atoms with van der Waals surface area (Å²) >= 11 is 0. The van der Waals surface area contributed by atoms with Crippen molar-refractivity contribution in [2.75, 3.05) is 27.7 Å². The Balaban J connectivity index is 3.81. The molecule has 0 fully saturated rings. The van der Waals surface area contributed by atoms with Gasteiger partial charge >= 0.3 is 0 Å². The van der Waals surface area contributed by atoms with Crippen LogP contribution in [0.4, 0.5) is 0 Å². The summed E-state index contributed by atoms with van der Waals surface area (Å²) in [6, 6.07) is 0. The van der Waals surface area contributed by atoms with E-state index >= 15 is 0 Å². The highest BCUT2D eigenvalue weighted by atomic mass is 16.4. The molecule has 0 aromatic rings. The minimum absolute atomic E-state index is 0.271. The van der Waals surface area contributed by atoms with E-state index in [4.69, 9.17) is 0 Å².